The Kier molecular flexibility index (Phi) is 6.53. The van der Waals surface area contributed by atoms with E-state index in [0.717, 1.165) is 6.42 Å². The van der Waals surface area contributed by atoms with Crippen LogP contribution in [0.1, 0.15) is 34.2 Å². The van der Waals surface area contributed by atoms with Gasteiger partial charge in [-0.05, 0) is 51.6 Å². The smallest absolute Gasteiger partial charge is 0.349 e. The highest BCUT2D eigenvalue weighted by Crippen LogP contribution is 2.10. The Morgan fingerprint density at radius 1 is 1.20 bits per heavy atom. The Labute approximate surface area is 148 Å². The van der Waals surface area contributed by atoms with Crippen LogP contribution < -0.4 is 10.9 Å². The molecule has 1 aromatic heterocycles. The van der Waals surface area contributed by atoms with E-state index < -0.39 is 5.63 Å². The molecule has 0 bridgehead atoms. The molecule has 0 fully saturated rings. The van der Waals surface area contributed by atoms with Crippen LogP contribution >= 0.6 is 0 Å². The standard InChI is InChI=1S/C20H26N2O3/c1-14-12-17(11-10-16-8-6-5-7-9-16)25-20(24)18(14)19(23)21-13-15(2)22(3)4/h5-9,12,15H,10-11,13H2,1-4H3,(H,21,23)/t15-/m1/s1. The zero-order valence-electron chi connectivity index (χ0n) is 15.3. The second kappa shape index (κ2) is 8.62. The fraction of sp³-hybridized carbons (Fsp3) is 0.400. The van der Waals surface area contributed by atoms with Crippen molar-refractivity contribution in [1.82, 2.24) is 10.2 Å². The fourth-order valence-electron chi connectivity index (χ4n) is 2.49. The van der Waals surface area contributed by atoms with Crippen molar-refractivity contribution in [3.05, 3.63) is 69.3 Å². The molecular formula is C20H26N2O3. The lowest BCUT2D eigenvalue weighted by molar-refractivity contribution is 0.0938. The number of aryl methyl sites for hydroxylation is 3. The second-order valence-electron chi connectivity index (χ2n) is 6.57. The molecule has 134 valence electrons. The molecule has 0 saturated carbocycles. The number of hydrogen-bond acceptors (Lipinski definition) is 4. The molecule has 0 aliphatic carbocycles. The summed E-state index contributed by atoms with van der Waals surface area (Å²) >= 11 is 0. The van der Waals surface area contributed by atoms with Crippen molar-refractivity contribution in [2.75, 3.05) is 20.6 Å². The minimum atomic E-state index is -0.571. The van der Waals surface area contributed by atoms with Crippen molar-refractivity contribution in [3.63, 3.8) is 0 Å². The van der Waals surface area contributed by atoms with Gasteiger partial charge >= 0.3 is 5.63 Å². The molecule has 2 rings (SSSR count). The van der Waals surface area contributed by atoms with Crippen LogP contribution in [-0.4, -0.2) is 37.5 Å². The Balaban J connectivity index is 2.06. The molecule has 0 aliphatic heterocycles. The van der Waals surface area contributed by atoms with E-state index in [1.54, 1.807) is 13.0 Å². The third-order valence-electron chi connectivity index (χ3n) is 4.37. The molecule has 1 atom stereocenters. The van der Waals surface area contributed by atoms with Crippen LogP contribution in [0.25, 0.3) is 0 Å². The van der Waals surface area contributed by atoms with Gasteiger partial charge in [-0.3, -0.25) is 4.79 Å². The maximum absolute atomic E-state index is 12.3. The Bertz CT molecular complexity index is 766. The number of likely N-dealkylation sites (N-methyl/N-ethyl adjacent to an activating group) is 1. The Morgan fingerprint density at radius 2 is 1.88 bits per heavy atom. The molecule has 0 radical (unpaired) electrons. The van der Waals surface area contributed by atoms with Gasteiger partial charge in [0.25, 0.3) is 5.91 Å². The molecule has 5 heteroatoms. The van der Waals surface area contributed by atoms with Crippen LogP contribution in [-0.2, 0) is 12.8 Å². The molecule has 1 N–H and O–H groups in total. The van der Waals surface area contributed by atoms with Gasteiger partial charge in [0.2, 0.25) is 0 Å². The molecule has 0 unspecified atom stereocenters. The number of rotatable bonds is 7. The SMILES string of the molecule is Cc1cc(CCc2ccccc2)oc(=O)c1C(=O)NC[C@@H](C)N(C)C. The van der Waals surface area contributed by atoms with Gasteiger partial charge in [0, 0.05) is 19.0 Å². The minimum Gasteiger partial charge on any atom is -0.427 e. The van der Waals surface area contributed by atoms with E-state index in [4.69, 9.17) is 4.42 Å². The van der Waals surface area contributed by atoms with Crippen LogP contribution in [0.15, 0.2) is 45.6 Å². The maximum Gasteiger partial charge on any atom is 0.349 e. The van der Waals surface area contributed by atoms with Gasteiger partial charge in [0.15, 0.2) is 0 Å². The minimum absolute atomic E-state index is 0.0921. The molecule has 1 aromatic carbocycles. The molecule has 1 heterocycles. The third-order valence-corrected chi connectivity index (χ3v) is 4.37. The zero-order valence-corrected chi connectivity index (χ0v) is 15.3. The van der Waals surface area contributed by atoms with E-state index in [1.807, 2.05) is 56.3 Å². The summed E-state index contributed by atoms with van der Waals surface area (Å²) in [6.45, 7) is 4.25. The number of nitrogens with zero attached hydrogens (tertiary/aromatic N) is 1. The highest BCUT2D eigenvalue weighted by Gasteiger charge is 2.17. The van der Waals surface area contributed by atoms with Gasteiger partial charge in [0.1, 0.15) is 11.3 Å². The summed E-state index contributed by atoms with van der Waals surface area (Å²) in [5.41, 5.74) is 1.35. The number of nitrogens with one attached hydrogen (secondary N) is 1. The topological polar surface area (TPSA) is 62.6 Å². The second-order valence-corrected chi connectivity index (χ2v) is 6.57. The molecular weight excluding hydrogens is 316 g/mol. The van der Waals surface area contributed by atoms with Gasteiger partial charge in [-0.1, -0.05) is 30.3 Å². The number of benzene rings is 1. The number of carbonyl (C=O) groups excluding carboxylic acids is 1. The molecule has 5 nitrogen and oxygen atoms in total. The summed E-state index contributed by atoms with van der Waals surface area (Å²) in [6, 6.07) is 12.0. The average Bonchev–Trinajstić information content (AvgIpc) is 2.58. The maximum atomic E-state index is 12.3. The predicted molar refractivity (Wildman–Crippen MR) is 99.0 cm³/mol. The van der Waals surface area contributed by atoms with Crippen molar-refractivity contribution in [2.45, 2.75) is 32.7 Å². The van der Waals surface area contributed by atoms with Gasteiger partial charge < -0.3 is 14.6 Å². The molecule has 25 heavy (non-hydrogen) atoms. The molecule has 0 saturated heterocycles. The van der Waals surface area contributed by atoms with Crippen molar-refractivity contribution in [3.8, 4) is 0 Å². The number of carbonyl (C=O) groups is 1. The molecule has 1 amide bonds. The number of amides is 1. The van der Waals surface area contributed by atoms with Crippen molar-refractivity contribution >= 4 is 5.91 Å². The first-order chi connectivity index (χ1) is 11.9. The van der Waals surface area contributed by atoms with Crippen molar-refractivity contribution in [2.24, 2.45) is 0 Å². The van der Waals surface area contributed by atoms with Crippen LogP contribution in [0.2, 0.25) is 0 Å². The van der Waals surface area contributed by atoms with E-state index in [1.165, 1.54) is 5.56 Å². The van der Waals surface area contributed by atoms with E-state index in [9.17, 15) is 9.59 Å². The predicted octanol–water partition coefficient (Wildman–Crippen LogP) is 2.41. The zero-order chi connectivity index (χ0) is 18.4. The molecule has 0 spiro atoms. The van der Waals surface area contributed by atoms with Crippen LogP contribution in [0.4, 0.5) is 0 Å². The van der Waals surface area contributed by atoms with E-state index >= 15 is 0 Å². The highest BCUT2D eigenvalue weighted by molar-refractivity contribution is 5.95. The summed E-state index contributed by atoms with van der Waals surface area (Å²) in [5, 5.41) is 2.80. The molecule has 0 aliphatic rings. The summed E-state index contributed by atoms with van der Waals surface area (Å²) in [4.78, 5) is 26.6. The number of hydrogen-bond donors (Lipinski definition) is 1. The van der Waals surface area contributed by atoms with Gasteiger partial charge in [0.05, 0.1) is 0 Å². The lowest BCUT2D eigenvalue weighted by Crippen LogP contribution is -2.39. The molecule has 2 aromatic rings. The first-order valence-electron chi connectivity index (χ1n) is 8.50. The van der Waals surface area contributed by atoms with Gasteiger partial charge in [-0.15, -0.1) is 0 Å². The lowest BCUT2D eigenvalue weighted by Gasteiger charge is -2.20. The first kappa shape index (κ1) is 18.9. The Morgan fingerprint density at radius 3 is 2.48 bits per heavy atom. The summed E-state index contributed by atoms with van der Waals surface area (Å²) < 4.78 is 5.36. The third kappa shape index (κ3) is 5.29. The van der Waals surface area contributed by atoms with Crippen LogP contribution in [0.3, 0.4) is 0 Å². The van der Waals surface area contributed by atoms with Crippen LogP contribution in [0, 0.1) is 6.92 Å². The monoisotopic (exact) mass is 342 g/mol. The summed E-state index contributed by atoms with van der Waals surface area (Å²) in [7, 11) is 3.88. The summed E-state index contributed by atoms with van der Waals surface area (Å²) in [5.74, 6) is 0.221. The van der Waals surface area contributed by atoms with Gasteiger partial charge in [-0.2, -0.15) is 0 Å². The quantitative estimate of drug-likeness (QED) is 0.839. The van der Waals surface area contributed by atoms with E-state index in [0.29, 0.717) is 24.3 Å². The largest absolute Gasteiger partial charge is 0.427 e. The lowest BCUT2D eigenvalue weighted by atomic mass is 10.1. The van der Waals surface area contributed by atoms with Gasteiger partial charge in [-0.25, -0.2) is 4.79 Å². The first-order valence-corrected chi connectivity index (χ1v) is 8.50. The van der Waals surface area contributed by atoms with Crippen LogP contribution in [0.5, 0.6) is 0 Å². The fourth-order valence-corrected chi connectivity index (χ4v) is 2.49. The van der Waals surface area contributed by atoms with E-state index in [2.05, 4.69) is 5.32 Å². The van der Waals surface area contributed by atoms with E-state index in [-0.39, 0.29) is 17.5 Å². The average molecular weight is 342 g/mol. The Hall–Kier alpha value is -2.40. The highest BCUT2D eigenvalue weighted by atomic mass is 16.4. The van der Waals surface area contributed by atoms with Crippen molar-refractivity contribution < 1.29 is 9.21 Å². The van der Waals surface area contributed by atoms with Crippen molar-refractivity contribution in [1.29, 1.82) is 0 Å². The normalized spacial score (nSPS) is 12.2. The summed E-state index contributed by atoms with van der Waals surface area (Å²) in [6.07, 6.45) is 1.41.